The van der Waals surface area contributed by atoms with Crippen molar-refractivity contribution in [1.82, 2.24) is 0 Å². The summed E-state index contributed by atoms with van der Waals surface area (Å²) in [7, 11) is 0.630. The Bertz CT molecular complexity index is 669. The van der Waals surface area contributed by atoms with E-state index >= 15 is 0 Å². The predicted octanol–water partition coefficient (Wildman–Crippen LogP) is 2.52. The van der Waals surface area contributed by atoms with E-state index in [1.807, 2.05) is 56.4 Å². The molecule has 2 aromatic carbocycles. The molecule has 2 N–H and O–H groups in total. The monoisotopic (exact) mass is 272 g/mol. The fourth-order valence-corrected chi connectivity index (χ4v) is 3.81. The smallest absolute Gasteiger partial charge is 0.153 e. The Balaban J connectivity index is 2.30. The molecule has 2 aromatic rings. The molecular formula is C15H16N2OS. The van der Waals surface area contributed by atoms with Gasteiger partial charge in [0.15, 0.2) is 11.0 Å². The van der Waals surface area contributed by atoms with Crippen LogP contribution in [0.4, 0.5) is 5.69 Å². The van der Waals surface area contributed by atoms with Crippen molar-refractivity contribution in [3.8, 4) is 0 Å². The van der Waals surface area contributed by atoms with E-state index in [2.05, 4.69) is 0 Å². The number of fused-ring (bicyclic) bond motifs is 2. The topological polar surface area (TPSA) is 46.3 Å². The summed E-state index contributed by atoms with van der Waals surface area (Å²) in [6.45, 7) is 2.00. The third-order valence-electron chi connectivity index (χ3n) is 3.55. The van der Waals surface area contributed by atoms with Gasteiger partial charge in [0.2, 0.25) is 0 Å². The summed E-state index contributed by atoms with van der Waals surface area (Å²) in [6.07, 6.45) is 0. The zero-order chi connectivity index (χ0) is 13.6. The van der Waals surface area contributed by atoms with Crippen molar-refractivity contribution >= 4 is 16.7 Å². The molecule has 1 heterocycles. The van der Waals surface area contributed by atoms with Gasteiger partial charge in [-0.15, -0.1) is 0 Å². The number of aryl methyl sites for hydroxylation is 1. The van der Waals surface area contributed by atoms with Crippen LogP contribution in [0.15, 0.2) is 47.4 Å². The van der Waals surface area contributed by atoms with Gasteiger partial charge >= 0.3 is 0 Å². The molecular weight excluding hydrogens is 256 g/mol. The van der Waals surface area contributed by atoms with Gasteiger partial charge in [0.05, 0.1) is 16.6 Å². The summed E-state index contributed by atoms with van der Waals surface area (Å²) < 4.78 is 14.5. The van der Waals surface area contributed by atoms with Crippen LogP contribution in [0.25, 0.3) is 0 Å². The first-order valence-electron chi connectivity index (χ1n) is 6.20. The molecule has 1 aliphatic rings. The Morgan fingerprint density at radius 2 is 1.89 bits per heavy atom. The van der Waals surface area contributed by atoms with Crippen LogP contribution in [0.3, 0.4) is 0 Å². The zero-order valence-electron chi connectivity index (χ0n) is 11.0. The largest absolute Gasteiger partial charge is 0.320 e. The van der Waals surface area contributed by atoms with E-state index in [1.165, 1.54) is 0 Å². The average molecular weight is 272 g/mol. The normalized spacial score (nSPS) is 21.5. The number of benzene rings is 2. The molecule has 0 saturated heterocycles. The summed E-state index contributed by atoms with van der Waals surface area (Å²) in [6, 6.07) is 13.6. The summed E-state index contributed by atoms with van der Waals surface area (Å²) in [5.74, 6) is 0. The third-order valence-corrected chi connectivity index (χ3v) is 4.98. The van der Waals surface area contributed by atoms with Crippen LogP contribution in [0, 0.1) is 6.92 Å². The van der Waals surface area contributed by atoms with Crippen molar-refractivity contribution in [3.05, 3.63) is 59.2 Å². The highest BCUT2D eigenvalue weighted by Crippen LogP contribution is 2.37. The summed E-state index contributed by atoms with van der Waals surface area (Å²) in [5.41, 5.74) is 10.4. The number of rotatable bonds is 0. The first kappa shape index (κ1) is 12.4. The van der Waals surface area contributed by atoms with Gasteiger partial charge in [-0.05, 0) is 35.7 Å². The maximum absolute atomic E-state index is 12.7. The molecule has 0 aromatic heterocycles. The van der Waals surface area contributed by atoms with Crippen LogP contribution in [0.1, 0.15) is 22.7 Å². The molecule has 19 heavy (non-hydrogen) atoms. The minimum absolute atomic E-state index is 0.235. The van der Waals surface area contributed by atoms with Gasteiger partial charge in [0, 0.05) is 7.05 Å². The molecule has 0 aliphatic carbocycles. The van der Waals surface area contributed by atoms with E-state index < -0.39 is 11.0 Å². The van der Waals surface area contributed by atoms with Gasteiger partial charge in [-0.3, -0.25) is 4.31 Å². The van der Waals surface area contributed by atoms with Crippen LogP contribution in [-0.4, -0.2) is 11.3 Å². The molecule has 1 aliphatic heterocycles. The van der Waals surface area contributed by atoms with Gasteiger partial charge in [-0.2, -0.15) is 0 Å². The van der Waals surface area contributed by atoms with Crippen LogP contribution < -0.4 is 10.0 Å². The quantitative estimate of drug-likeness (QED) is 0.801. The molecule has 98 valence electrons. The van der Waals surface area contributed by atoms with Crippen LogP contribution in [0.2, 0.25) is 0 Å². The molecule has 0 bridgehead atoms. The second kappa shape index (κ2) is 4.47. The summed E-state index contributed by atoms with van der Waals surface area (Å²) >= 11 is 0. The minimum atomic E-state index is -1.22. The number of hydrogen-bond acceptors (Lipinski definition) is 2. The maximum atomic E-state index is 12.7. The van der Waals surface area contributed by atoms with Crippen molar-refractivity contribution in [2.45, 2.75) is 17.9 Å². The Morgan fingerprint density at radius 1 is 1.16 bits per heavy atom. The van der Waals surface area contributed by atoms with E-state index in [0.29, 0.717) is 0 Å². The second-order valence-corrected chi connectivity index (χ2v) is 6.31. The maximum Gasteiger partial charge on any atom is 0.153 e. The number of hydrogen-bond donors (Lipinski definition) is 1. The molecule has 2 atom stereocenters. The fraction of sp³-hybridized carbons (Fsp3) is 0.200. The standard InChI is InChI=1S/C15H16N2OS/c1-10-7-8-12-14(9-10)19(18)17(2)13-6-4-3-5-11(13)15(12)16/h3-9,15H,16H2,1-2H3. The van der Waals surface area contributed by atoms with E-state index in [0.717, 1.165) is 27.3 Å². The molecule has 0 spiro atoms. The summed E-state index contributed by atoms with van der Waals surface area (Å²) in [5, 5.41) is 0. The zero-order valence-corrected chi connectivity index (χ0v) is 11.8. The van der Waals surface area contributed by atoms with E-state index in [-0.39, 0.29) is 6.04 Å². The lowest BCUT2D eigenvalue weighted by atomic mass is 9.97. The van der Waals surface area contributed by atoms with Crippen molar-refractivity contribution in [1.29, 1.82) is 0 Å². The lowest BCUT2D eigenvalue weighted by Gasteiger charge is -2.18. The Kier molecular flexibility index (Phi) is 2.92. The molecule has 4 heteroatoms. The lowest BCUT2D eigenvalue weighted by Crippen LogP contribution is -2.20. The average Bonchev–Trinajstić information content (AvgIpc) is 2.51. The molecule has 0 fully saturated rings. The van der Waals surface area contributed by atoms with Crippen LogP contribution >= 0.6 is 0 Å². The summed E-state index contributed by atoms with van der Waals surface area (Å²) in [4.78, 5) is 0.811. The highest BCUT2D eigenvalue weighted by molar-refractivity contribution is 7.86. The minimum Gasteiger partial charge on any atom is -0.320 e. The third kappa shape index (κ3) is 1.88. The van der Waals surface area contributed by atoms with Crippen molar-refractivity contribution in [3.63, 3.8) is 0 Å². The second-order valence-electron chi connectivity index (χ2n) is 4.82. The first-order valence-corrected chi connectivity index (χ1v) is 7.31. The van der Waals surface area contributed by atoms with Crippen molar-refractivity contribution in [2.75, 3.05) is 11.4 Å². The van der Waals surface area contributed by atoms with Crippen molar-refractivity contribution in [2.24, 2.45) is 5.73 Å². The number of nitrogens with zero attached hydrogens (tertiary/aromatic N) is 1. The Hall–Kier alpha value is -1.65. The molecule has 0 amide bonds. The van der Waals surface area contributed by atoms with Gasteiger partial charge < -0.3 is 5.73 Å². The van der Waals surface area contributed by atoms with Gasteiger partial charge in [0.25, 0.3) is 0 Å². The number of nitrogens with two attached hydrogens (primary N) is 1. The first-order chi connectivity index (χ1) is 9.09. The molecule has 3 rings (SSSR count). The SMILES string of the molecule is Cc1ccc2c(c1)S(=O)N(C)c1ccccc1C2N. The van der Waals surface area contributed by atoms with Gasteiger partial charge in [0.1, 0.15) is 0 Å². The van der Waals surface area contributed by atoms with E-state index in [1.54, 1.807) is 4.31 Å². The van der Waals surface area contributed by atoms with E-state index in [9.17, 15) is 4.21 Å². The Labute approximate surface area is 115 Å². The Morgan fingerprint density at radius 3 is 2.68 bits per heavy atom. The van der Waals surface area contributed by atoms with Gasteiger partial charge in [-0.25, -0.2) is 4.21 Å². The fourth-order valence-electron chi connectivity index (χ4n) is 2.49. The van der Waals surface area contributed by atoms with E-state index in [4.69, 9.17) is 5.73 Å². The molecule has 0 saturated carbocycles. The van der Waals surface area contributed by atoms with Crippen molar-refractivity contribution < 1.29 is 4.21 Å². The highest BCUT2D eigenvalue weighted by Gasteiger charge is 2.27. The molecule has 0 radical (unpaired) electrons. The lowest BCUT2D eigenvalue weighted by molar-refractivity contribution is 0.681. The van der Waals surface area contributed by atoms with Gasteiger partial charge in [-0.1, -0.05) is 30.3 Å². The predicted molar refractivity (Wildman–Crippen MR) is 78.5 cm³/mol. The van der Waals surface area contributed by atoms with Crippen LogP contribution in [0.5, 0.6) is 0 Å². The number of anilines is 1. The highest BCUT2D eigenvalue weighted by atomic mass is 32.2. The molecule has 2 unspecified atom stereocenters. The van der Waals surface area contributed by atoms with Crippen LogP contribution in [-0.2, 0) is 11.0 Å². The number of para-hydroxylation sites is 1. The molecule has 3 nitrogen and oxygen atoms in total.